The van der Waals surface area contributed by atoms with Gasteiger partial charge in [0.1, 0.15) is 0 Å². The van der Waals surface area contributed by atoms with Crippen LogP contribution in [0.15, 0.2) is 128 Å². The fraction of sp³-hybridized carbons (Fsp3) is 0.0278. The van der Waals surface area contributed by atoms with Gasteiger partial charge >= 0.3 is 0 Å². The van der Waals surface area contributed by atoms with Gasteiger partial charge < -0.3 is 4.57 Å². The molecule has 7 aromatic rings. The van der Waals surface area contributed by atoms with Crippen molar-refractivity contribution in [3.63, 3.8) is 0 Å². The van der Waals surface area contributed by atoms with Gasteiger partial charge in [-0.25, -0.2) is 0 Å². The Balaban J connectivity index is 1.59. The molecule has 8 rings (SSSR count). The predicted molar refractivity (Wildman–Crippen MR) is 161 cm³/mol. The molecule has 178 valence electrons. The molecule has 0 unspecified atom stereocenters. The molecule has 2 nitrogen and oxygen atoms in total. The molecule has 0 fully saturated rings. The Morgan fingerprint density at radius 3 is 2.24 bits per heavy atom. The summed E-state index contributed by atoms with van der Waals surface area (Å²) in [5.74, 6) is 0. The fourth-order valence-electron chi connectivity index (χ4n) is 6.26. The summed E-state index contributed by atoms with van der Waals surface area (Å²) in [4.78, 5) is 4.73. The number of benzene rings is 5. The van der Waals surface area contributed by atoms with E-state index in [1.165, 1.54) is 60.0 Å². The van der Waals surface area contributed by atoms with Crippen molar-refractivity contribution in [2.45, 2.75) is 6.42 Å². The van der Waals surface area contributed by atoms with Crippen molar-refractivity contribution in [3.05, 3.63) is 139 Å². The van der Waals surface area contributed by atoms with Crippen LogP contribution in [0.5, 0.6) is 0 Å². The number of allylic oxidation sites excluding steroid dienone is 3. The average Bonchev–Trinajstić information content (AvgIpc) is 3.12. The lowest BCUT2D eigenvalue weighted by molar-refractivity contribution is 1.07. The van der Waals surface area contributed by atoms with Crippen LogP contribution in [0.2, 0.25) is 0 Å². The van der Waals surface area contributed by atoms with E-state index in [1.807, 2.05) is 12.4 Å². The molecule has 2 heteroatoms. The zero-order chi connectivity index (χ0) is 25.1. The predicted octanol–water partition coefficient (Wildman–Crippen LogP) is 9.28. The Labute approximate surface area is 220 Å². The number of aromatic nitrogens is 2. The summed E-state index contributed by atoms with van der Waals surface area (Å²) in [5.41, 5.74) is 7.20. The summed E-state index contributed by atoms with van der Waals surface area (Å²) in [6, 6.07) is 35.0. The lowest BCUT2D eigenvalue weighted by Gasteiger charge is -2.15. The van der Waals surface area contributed by atoms with Gasteiger partial charge in [0.05, 0.1) is 23.1 Å². The van der Waals surface area contributed by atoms with E-state index in [1.54, 1.807) is 0 Å². The van der Waals surface area contributed by atoms with E-state index in [0.717, 1.165) is 17.7 Å². The molecule has 1 aliphatic rings. The molecule has 38 heavy (non-hydrogen) atoms. The fourth-order valence-corrected chi connectivity index (χ4v) is 6.26. The lowest BCUT2D eigenvalue weighted by Crippen LogP contribution is -1.99. The van der Waals surface area contributed by atoms with E-state index in [0.29, 0.717) is 0 Å². The zero-order valence-electron chi connectivity index (χ0n) is 20.8. The number of rotatable bonds is 2. The highest BCUT2D eigenvalue weighted by Gasteiger charge is 2.23. The highest BCUT2D eigenvalue weighted by molar-refractivity contribution is 6.32. The summed E-state index contributed by atoms with van der Waals surface area (Å²) in [6.07, 6.45) is 13.7. The van der Waals surface area contributed by atoms with Gasteiger partial charge in [0.2, 0.25) is 0 Å². The Morgan fingerprint density at radius 1 is 0.605 bits per heavy atom. The van der Waals surface area contributed by atoms with Gasteiger partial charge in [0.15, 0.2) is 0 Å². The number of nitrogens with zero attached hydrogens (tertiary/aromatic N) is 2. The minimum atomic E-state index is 0.890. The SMILES string of the molecule is C1=CCc2c(n(-c3cncc(-c4ccccc4)c3)c3c4ccc5ccccc5c4c4ccccc4c23)C=C1. The van der Waals surface area contributed by atoms with Gasteiger partial charge in [-0.2, -0.15) is 0 Å². The monoisotopic (exact) mass is 484 g/mol. The maximum atomic E-state index is 4.73. The quantitative estimate of drug-likeness (QED) is 0.224. The summed E-state index contributed by atoms with van der Waals surface area (Å²) in [6.45, 7) is 0. The van der Waals surface area contributed by atoms with E-state index in [2.05, 4.69) is 126 Å². The van der Waals surface area contributed by atoms with Crippen LogP contribution in [-0.4, -0.2) is 9.55 Å². The molecule has 0 saturated heterocycles. The highest BCUT2D eigenvalue weighted by Crippen LogP contribution is 2.44. The van der Waals surface area contributed by atoms with Gasteiger partial charge in [-0.05, 0) is 56.6 Å². The van der Waals surface area contributed by atoms with Gasteiger partial charge in [0, 0.05) is 22.5 Å². The van der Waals surface area contributed by atoms with Crippen molar-refractivity contribution in [1.82, 2.24) is 9.55 Å². The minimum Gasteiger partial charge on any atom is -0.307 e. The Hall–Kier alpha value is -4.95. The Morgan fingerprint density at radius 2 is 1.37 bits per heavy atom. The van der Waals surface area contributed by atoms with E-state index in [-0.39, 0.29) is 0 Å². The first-order chi connectivity index (χ1) is 18.9. The molecular formula is C36H24N2. The maximum Gasteiger partial charge on any atom is 0.0651 e. The van der Waals surface area contributed by atoms with E-state index in [9.17, 15) is 0 Å². The van der Waals surface area contributed by atoms with Crippen LogP contribution < -0.4 is 0 Å². The topological polar surface area (TPSA) is 17.8 Å². The Kier molecular flexibility index (Phi) is 4.62. The van der Waals surface area contributed by atoms with Gasteiger partial charge in [-0.3, -0.25) is 4.98 Å². The second-order valence-corrected chi connectivity index (χ2v) is 9.97. The molecule has 0 saturated carbocycles. The summed E-state index contributed by atoms with van der Waals surface area (Å²) < 4.78 is 2.44. The standard InChI is InChI=1S/C36H24N2/c1-3-11-24(12-4-1)26-21-27(23-37-22-26)38-33-18-6-2-5-17-31(33)35-30-16-10-9-15-29(30)34-28-14-8-7-13-25(28)19-20-32(34)36(35)38/h1-16,18-23H,17H2. The summed E-state index contributed by atoms with van der Waals surface area (Å²) in [5, 5.41) is 9.08. The third kappa shape index (κ3) is 3.04. The first-order valence-corrected chi connectivity index (χ1v) is 13.1. The molecule has 2 aromatic heterocycles. The number of hydrogen-bond donors (Lipinski definition) is 0. The third-order valence-electron chi connectivity index (χ3n) is 7.87. The Bertz CT molecular complexity index is 2090. The second kappa shape index (κ2) is 8.29. The summed E-state index contributed by atoms with van der Waals surface area (Å²) in [7, 11) is 0. The summed E-state index contributed by atoms with van der Waals surface area (Å²) >= 11 is 0. The van der Waals surface area contributed by atoms with Gasteiger partial charge in [-0.1, -0.05) is 109 Å². The zero-order valence-corrected chi connectivity index (χ0v) is 20.8. The van der Waals surface area contributed by atoms with Crippen LogP contribution in [0.25, 0.3) is 66.1 Å². The molecule has 2 heterocycles. The minimum absolute atomic E-state index is 0.890. The van der Waals surface area contributed by atoms with Crippen LogP contribution in [0, 0.1) is 0 Å². The van der Waals surface area contributed by atoms with Crippen LogP contribution in [-0.2, 0) is 6.42 Å². The molecule has 0 N–H and O–H groups in total. The number of fused-ring (bicyclic) bond motifs is 10. The van der Waals surface area contributed by atoms with Gasteiger partial charge in [-0.15, -0.1) is 0 Å². The van der Waals surface area contributed by atoms with Gasteiger partial charge in [0.25, 0.3) is 0 Å². The first kappa shape index (κ1) is 21.2. The average molecular weight is 485 g/mol. The van der Waals surface area contributed by atoms with Crippen LogP contribution in [0.3, 0.4) is 0 Å². The van der Waals surface area contributed by atoms with Crippen molar-refractivity contribution >= 4 is 49.3 Å². The highest BCUT2D eigenvalue weighted by atomic mass is 15.0. The third-order valence-corrected chi connectivity index (χ3v) is 7.87. The van der Waals surface area contributed by atoms with Crippen LogP contribution >= 0.6 is 0 Å². The number of pyridine rings is 1. The first-order valence-electron chi connectivity index (χ1n) is 13.1. The molecule has 0 spiro atoms. The maximum absolute atomic E-state index is 4.73. The van der Waals surface area contributed by atoms with Crippen LogP contribution in [0.1, 0.15) is 11.3 Å². The second-order valence-electron chi connectivity index (χ2n) is 9.97. The van der Waals surface area contributed by atoms with E-state index < -0.39 is 0 Å². The van der Waals surface area contributed by atoms with E-state index >= 15 is 0 Å². The van der Waals surface area contributed by atoms with Crippen molar-refractivity contribution in [2.75, 3.05) is 0 Å². The van der Waals surface area contributed by atoms with Crippen molar-refractivity contribution in [2.24, 2.45) is 0 Å². The van der Waals surface area contributed by atoms with Crippen molar-refractivity contribution in [1.29, 1.82) is 0 Å². The molecule has 5 aromatic carbocycles. The van der Waals surface area contributed by atoms with Crippen molar-refractivity contribution in [3.8, 4) is 16.8 Å². The van der Waals surface area contributed by atoms with E-state index in [4.69, 9.17) is 4.98 Å². The van der Waals surface area contributed by atoms with Crippen LogP contribution in [0.4, 0.5) is 0 Å². The molecule has 0 bridgehead atoms. The smallest absolute Gasteiger partial charge is 0.0651 e. The molecular weight excluding hydrogens is 460 g/mol. The number of hydrogen-bond acceptors (Lipinski definition) is 1. The normalized spacial score (nSPS) is 12.9. The molecule has 0 aliphatic heterocycles. The molecule has 0 atom stereocenters. The van der Waals surface area contributed by atoms with Crippen molar-refractivity contribution < 1.29 is 0 Å². The molecule has 1 aliphatic carbocycles. The lowest BCUT2D eigenvalue weighted by atomic mass is 9.92. The largest absolute Gasteiger partial charge is 0.307 e. The molecule has 0 radical (unpaired) electrons. The molecule has 0 amide bonds.